The average Bonchev–Trinajstić information content (AvgIpc) is 2.27. The summed E-state index contributed by atoms with van der Waals surface area (Å²) in [6.07, 6.45) is 6.25. The monoisotopic (exact) mass is 262 g/mol. The molecule has 0 spiro atoms. The van der Waals surface area contributed by atoms with Gasteiger partial charge < -0.3 is 9.05 Å². The van der Waals surface area contributed by atoms with Gasteiger partial charge in [0.1, 0.15) is 0 Å². The highest BCUT2D eigenvalue weighted by Crippen LogP contribution is 2.48. The van der Waals surface area contributed by atoms with Crippen molar-refractivity contribution in [3.63, 3.8) is 0 Å². The highest BCUT2D eigenvalue weighted by Gasteiger charge is 2.22. The van der Waals surface area contributed by atoms with Crippen molar-refractivity contribution in [1.29, 1.82) is 0 Å². The van der Waals surface area contributed by atoms with Crippen molar-refractivity contribution in [2.45, 2.75) is 53.4 Å². The van der Waals surface area contributed by atoms with E-state index in [1.54, 1.807) is 0 Å². The van der Waals surface area contributed by atoms with E-state index in [9.17, 15) is 4.57 Å². The van der Waals surface area contributed by atoms with Gasteiger partial charge in [0.15, 0.2) is 0 Å². The number of allylic oxidation sites excluding steroid dienone is 2. The third-order valence-electron chi connectivity index (χ3n) is 2.29. The molecule has 0 atom stereocenters. The zero-order valence-electron chi connectivity index (χ0n) is 11.7. The van der Waals surface area contributed by atoms with Gasteiger partial charge in [0.25, 0.3) is 0 Å². The van der Waals surface area contributed by atoms with Crippen LogP contribution in [0.2, 0.25) is 0 Å². The molecule has 0 aliphatic rings. The third-order valence-corrected chi connectivity index (χ3v) is 4.08. The fourth-order valence-corrected chi connectivity index (χ4v) is 2.82. The van der Waals surface area contributed by atoms with Crippen molar-refractivity contribution in [3.8, 4) is 0 Å². The van der Waals surface area contributed by atoms with Crippen LogP contribution in [-0.2, 0) is 13.6 Å². The molecule has 0 aliphatic carbocycles. The van der Waals surface area contributed by atoms with Gasteiger partial charge in [0.2, 0.25) is 0 Å². The molecule has 0 aromatic rings. The normalized spacial score (nSPS) is 11.5. The number of rotatable bonds is 10. The minimum atomic E-state index is -2.91. The van der Waals surface area contributed by atoms with E-state index in [2.05, 4.69) is 13.8 Å². The van der Waals surface area contributed by atoms with Crippen LogP contribution in [0.1, 0.15) is 53.4 Å². The SMILES string of the molecule is CCCCOP(=O)(CC=C(C)C)OCCCC. The molecule has 0 aromatic heterocycles. The number of unbranched alkanes of at least 4 members (excludes halogenated alkanes) is 2. The molecule has 102 valence electrons. The fourth-order valence-electron chi connectivity index (χ4n) is 1.13. The molecule has 0 amide bonds. The molecule has 0 N–H and O–H groups in total. The molecule has 0 heterocycles. The molecule has 0 saturated carbocycles. The molecule has 3 nitrogen and oxygen atoms in total. The first-order chi connectivity index (χ1) is 8.04. The van der Waals surface area contributed by atoms with E-state index >= 15 is 0 Å². The second-order valence-corrected chi connectivity index (χ2v) is 6.55. The number of hydrogen-bond acceptors (Lipinski definition) is 3. The summed E-state index contributed by atoms with van der Waals surface area (Å²) < 4.78 is 23.3. The first-order valence-electron chi connectivity index (χ1n) is 6.55. The largest absolute Gasteiger partial charge is 0.334 e. The number of hydrogen-bond donors (Lipinski definition) is 0. The molecular weight excluding hydrogens is 235 g/mol. The van der Waals surface area contributed by atoms with Gasteiger partial charge in [-0.3, -0.25) is 4.57 Å². The molecule has 0 radical (unpaired) electrons. The van der Waals surface area contributed by atoms with Crippen LogP contribution in [0.25, 0.3) is 0 Å². The fraction of sp³-hybridized carbons (Fsp3) is 0.846. The first kappa shape index (κ1) is 16.9. The Kier molecular flexibility index (Phi) is 9.81. The predicted molar refractivity (Wildman–Crippen MR) is 73.6 cm³/mol. The average molecular weight is 262 g/mol. The summed E-state index contributed by atoms with van der Waals surface area (Å²) in [5.74, 6) is 0. The third kappa shape index (κ3) is 9.58. The van der Waals surface area contributed by atoms with Crippen LogP contribution in [-0.4, -0.2) is 19.4 Å². The maximum Gasteiger partial charge on any atom is 0.334 e. The quantitative estimate of drug-likeness (QED) is 0.323. The van der Waals surface area contributed by atoms with Crippen molar-refractivity contribution < 1.29 is 13.6 Å². The van der Waals surface area contributed by atoms with Crippen molar-refractivity contribution >= 4 is 7.60 Å². The van der Waals surface area contributed by atoms with E-state index in [1.165, 1.54) is 0 Å². The Balaban J connectivity index is 4.24. The lowest BCUT2D eigenvalue weighted by Gasteiger charge is -2.17. The molecule has 4 heteroatoms. The Morgan fingerprint density at radius 1 is 1.06 bits per heavy atom. The van der Waals surface area contributed by atoms with Gasteiger partial charge in [-0.25, -0.2) is 0 Å². The van der Waals surface area contributed by atoms with E-state index in [0.717, 1.165) is 31.3 Å². The summed E-state index contributed by atoms with van der Waals surface area (Å²) in [5.41, 5.74) is 1.14. The Hall–Kier alpha value is -0.110. The van der Waals surface area contributed by atoms with E-state index in [4.69, 9.17) is 9.05 Å². The first-order valence-corrected chi connectivity index (χ1v) is 8.28. The van der Waals surface area contributed by atoms with Gasteiger partial charge in [-0.05, 0) is 26.7 Å². The lowest BCUT2D eigenvalue weighted by Crippen LogP contribution is -2.02. The molecule has 0 aromatic carbocycles. The lowest BCUT2D eigenvalue weighted by atomic mass is 10.3. The van der Waals surface area contributed by atoms with Crippen LogP contribution in [0.3, 0.4) is 0 Å². The molecule has 17 heavy (non-hydrogen) atoms. The second kappa shape index (κ2) is 9.87. The standard InChI is InChI=1S/C13H27O3P/c1-5-7-10-15-17(14,12-9-13(3)4)16-11-8-6-2/h9H,5-8,10-12H2,1-4H3. The van der Waals surface area contributed by atoms with Crippen molar-refractivity contribution in [2.24, 2.45) is 0 Å². The van der Waals surface area contributed by atoms with Crippen LogP contribution in [0, 0.1) is 0 Å². The van der Waals surface area contributed by atoms with Gasteiger partial charge in [0, 0.05) is 0 Å². The van der Waals surface area contributed by atoms with E-state index in [-0.39, 0.29) is 0 Å². The summed E-state index contributed by atoms with van der Waals surface area (Å²) in [5, 5.41) is 0. The highest BCUT2D eigenvalue weighted by molar-refractivity contribution is 7.54. The Morgan fingerprint density at radius 2 is 1.53 bits per heavy atom. The van der Waals surface area contributed by atoms with Crippen LogP contribution >= 0.6 is 7.60 Å². The van der Waals surface area contributed by atoms with Gasteiger partial charge in [0.05, 0.1) is 19.4 Å². The molecular formula is C13H27O3P. The maximum absolute atomic E-state index is 12.4. The van der Waals surface area contributed by atoms with E-state index in [0.29, 0.717) is 19.4 Å². The maximum atomic E-state index is 12.4. The molecule has 0 unspecified atom stereocenters. The van der Waals surface area contributed by atoms with E-state index < -0.39 is 7.60 Å². The zero-order chi connectivity index (χ0) is 13.1. The Bertz CT molecular complexity index is 243. The van der Waals surface area contributed by atoms with Crippen molar-refractivity contribution in [3.05, 3.63) is 11.6 Å². The lowest BCUT2D eigenvalue weighted by molar-refractivity contribution is 0.202. The van der Waals surface area contributed by atoms with E-state index in [1.807, 2.05) is 19.9 Å². The predicted octanol–water partition coefficient (Wildman–Crippen LogP) is 4.78. The molecule has 0 fully saturated rings. The summed E-state index contributed by atoms with van der Waals surface area (Å²) in [4.78, 5) is 0. The summed E-state index contributed by atoms with van der Waals surface area (Å²) >= 11 is 0. The second-order valence-electron chi connectivity index (χ2n) is 4.45. The summed E-state index contributed by atoms with van der Waals surface area (Å²) in [6.45, 7) is 9.20. The van der Waals surface area contributed by atoms with Gasteiger partial charge in [-0.2, -0.15) is 0 Å². The topological polar surface area (TPSA) is 35.5 Å². The van der Waals surface area contributed by atoms with Crippen molar-refractivity contribution in [1.82, 2.24) is 0 Å². The summed E-state index contributed by atoms with van der Waals surface area (Å²) in [6, 6.07) is 0. The van der Waals surface area contributed by atoms with Gasteiger partial charge in [-0.15, -0.1) is 0 Å². The van der Waals surface area contributed by atoms with Crippen LogP contribution in [0.4, 0.5) is 0 Å². The molecule has 0 saturated heterocycles. The van der Waals surface area contributed by atoms with Gasteiger partial charge in [-0.1, -0.05) is 38.3 Å². The minimum Gasteiger partial charge on any atom is -0.308 e. The molecule has 0 rings (SSSR count). The van der Waals surface area contributed by atoms with Crippen LogP contribution < -0.4 is 0 Å². The Morgan fingerprint density at radius 3 is 1.88 bits per heavy atom. The Labute approximate surface area is 106 Å². The minimum absolute atomic E-state index is 0.392. The van der Waals surface area contributed by atoms with Crippen LogP contribution in [0.15, 0.2) is 11.6 Å². The molecule has 0 aliphatic heterocycles. The smallest absolute Gasteiger partial charge is 0.308 e. The van der Waals surface area contributed by atoms with Gasteiger partial charge >= 0.3 is 7.60 Å². The molecule has 0 bridgehead atoms. The summed E-state index contributed by atoms with van der Waals surface area (Å²) in [7, 11) is -2.91. The highest BCUT2D eigenvalue weighted by atomic mass is 31.2. The van der Waals surface area contributed by atoms with Crippen LogP contribution in [0.5, 0.6) is 0 Å². The van der Waals surface area contributed by atoms with Crippen molar-refractivity contribution in [2.75, 3.05) is 19.4 Å². The zero-order valence-corrected chi connectivity index (χ0v) is 12.6.